The van der Waals surface area contributed by atoms with Crippen molar-refractivity contribution < 1.29 is 13.2 Å². The number of nitrogens with zero attached hydrogens (tertiary/aromatic N) is 2. The van der Waals surface area contributed by atoms with Crippen molar-refractivity contribution in [1.82, 2.24) is 9.21 Å². The lowest BCUT2D eigenvalue weighted by Gasteiger charge is -2.36. The number of fused-ring (bicyclic) bond motifs is 1. The van der Waals surface area contributed by atoms with Crippen molar-refractivity contribution in [2.24, 2.45) is 5.92 Å². The molecule has 5 nitrogen and oxygen atoms in total. The molecular weight excluding hydrogens is 360 g/mol. The topological polar surface area (TPSA) is 57.7 Å². The second-order valence-corrected chi connectivity index (χ2v) is 9.23. The van der Waals surface area contributed by atoms with Crippen LogP contribution in [0.25, 0.3) is 0 Å². The molecule has 2 heterocycles. The van der Waals surface area contributed by atoms with Gasteiger partial charge in [0.25, 0.3) is 0 Å². The lowest BCUT2D eigenvalue weighted by molar-refractivity contribution is -0.137. The van der Waals surface area contributed by atoms with Crippen molar-refractivity contribution in [3.8, 4) is 0 Å². The quantitative estimate of drug-likeness (QED) is 0.818. The van der Waals surface area contributed by atoms with Crippen LogP contribution in [0, 0.1) is 5.92 Å². The molecule has 0 aliphatic carbocycles. The molecule has 1 saturated heterocycles. The van der Waals surface area contributed by atoms with Gasteiger partial charge in [-0.15, -0.1) is 0 Å². The third-order valence-corrected chi connectivity index (χ3v) is 7.44. The van der Waals surface area contributed by atoms with Crippen LogP contribution in [0.1, 0.15) is 24.0 Å². The molecule has 1 fully saturated rings. The molecule has 2 aromatic rings. The van der Waals surface area contributed by atoms with Gasteiger partial charge in [0, 0.05) is 26.2 Å². The number of hydrogen-bond donors (Lipinski definition) is 0. The van der Waals surface area contributed by atoms with Gasteiger partial charge >= 0.3 is 0 Å². The van der Waals surface area contributed by atoms with E-state index in [1.807, 2.05) is 17.0 Å². The molecule has 4 rings (SSSR count). The molecule has 1 amide bonds. The molecule has 0 saturated carbocycles. The number of hydrogen-bond acceptors (Lipinski definition) is 3. The van der Waals surface area contributed by atoms with Gasteiger partial charge in [-0.2, -0.15) is 4.31 Å². The fraction of sp³-hybridized carbons (Fsp3) is 0.381. The van der Waals surface area contributed by atoms with Crippen LogP contribution in [0.5, 0.6) is 0 Å². The van der Waals surface area contributed by atoms with Gasteiger partial charge in [0.1, 0.15) is 0 Å². The molecule has 0 radical (unpaired) electrons. The van der Waals surface area contributed by atoms with Crippen molar-refractivity contribution in [3.63, 3.8) is 0 Å². The van der Waals surface area contributed by atoms with Crippen LogP contribution in [0.15, 0.2) is 59.5 Å². The van der Waals surface area contributed by atoms with Gasteiger partial charge in [0.15, 0.2) is 0 Å². The number of amides is 1. The maximum absolute atomic E-state index is 13.1. The molecule has 142 valence electrons. The number of rotatable bonds is 3. The third-order valence-electron chi connectivity index (χ3n) is 5.56. The SMILES string of the molecule is O=C([C@H]1CCCN(S(=O)(=O)c2ccccc2)C1)N1CCc2ccccc2C1. The summed E-state index contributed by atoms with van der Waals surface area (Å²) < 4.78 is 27.3. The standard InChI is InChI=1S/C21H24N2O3S/c24-21(22-14-12-17-7-4-5-8-18(17)15-22)19-9-6-13-23(16-19)27(25,26)20-10-2-1-3-11-20/h1-5,7-8,10-11,19H,6,9,12-16H2/t19-/m0/s1. The minimum absolute atomic E-state index is 0.0810. The summed E-state index contributed by atoms with van der Waals surface area (Å²) in [5, 5.41) is 0. The minimum Gasteiger partial charge on any atom is -0.338 e. The minimum atomic E-state index is -3.55. The lowest BCUT2D eigenvalue weighted by Crippen LogP contribution is -2.47. The molecule has 2 aromatic carbocycles. The monoisotopic (exact) mass is 384 g/mol. The zero-order valence-electron chi connectivity index (χ0n) is 15.3. The Morgan fingerprint density at radius 2 is 1.63 bits per heavy atom. The molecular formula is C21H24N2O3S. The molecule has 6 heteroatoms. The smallest absolute Gasteiger partial charge is 0.243 e. The first kappa shape index (κ1) is 18.2. The summed E-state index contributed by atoms with van der Waals surface area (Å²) in [6, 6.07) is 16.7. The summed E-state index contributed by atoms with van der Waals surface area (Å²) in [5.41, 5.74) is 2.50. The fourth-order valence-corrected chi connectivity index (χ4v) is 5.59. The van der Waals surface area contributed by atoms with Gasteiger partial charge < -0.3 is 4.90 Å². The van der Waals surface area contributed by atoms with E-state index in [1.165, 1.54) is 15.4 Å². The Bertz CT molecular complexity index is 927. The molecule has 0 aromatic heterocycles. The van der Waals surface area contributed by atoms with E-state index < -0.39 is 10.0 Å². The third kappa shape index (κ3) is 3.64. The van der Waals surface area contributed by atoms with Gasteiger partial charge in [-0.05, 0) is 42.5 Å². The highest BCUT2D eigenvalue weighted by Gasteiger charge is 2.35. The second kappa shape index (κ2) is 7.44. The summed E-state index contributed by atoms with van der Waals surface area (Å²) in [7, 11) is -3.55. The van der Waals surface area contributed by atoms with Crippen LogP contribution in [-0.4, -0.2) is 43.2 Å². The maximum Gasteiger partial charge on any atom is 0.243 e. The van der Waals surface area contributed by atoms with Crippen molar-refractivity contribution in [2.45, 2.75) is 30.7 Å². The van der Waals surface area contributed by atoms with Crippen LogP contribution in [-0.2, 0) is 27.8 Å². The Kier molecular flexibility index (Phi) is 5.02. The van der Waals surface area contributed by atoms with E-state index in [1.54, 1.807) is 30.3 Å². The van der Waals surface area contributed by atoms with Crippen molar-refractivity contribution in [1.29, 1.82) is 0 Å². The maximum atomic E-state index is 13.1. The van der Waals surface area contributed by atoms with E-state index in [0.717, 1.165) is 12.8 Å². The number of sulfonamides is 1. The van der Waals surface area contributed by atoms with Crippen LogP contribution in [0.3, 0.4) is 0 Å². The highest BCUT2D eigenvalue weighted by atomic mass is 32.2. The van der Waals surface area contributed by atoms with Crippen LogP contribution >= 0.6 is 0 Å². The number of piperidine rings is 1. The normalized spacial score (nSPS) is 20.9. The van der Waals surface area contributed by atoms with E-state index in [4.69, 9.17) is 0 Å². The summed E-state index contributed by atoms with van der Waals surface area (Å²) >= 11 is 0. The lowest BCUT2D eigenvalue weighted by atomic mass is 9.95. The zero-order valence-corrected chi connectivity index (χ0v) is 16.1. The van der Waals surface area contributed by atoms with Crippen LogP contribution < -0.4 is 0 Å². The Labute approximate surface area is 160 Å². The van der Waals surface area contributed by atoms with E-state index in [2.05, 4.69) is 12.1 Å². The van der Waals surface area contributed by atoms with Crippen molar-refractivity contribution in [2.75, 3.05) is 19.6 Å². The predicted octanol–water partition coefficient (Wildman–Crippen LogP) is 2.67. The summed E-state index contributed by atoms with van der Waals surface area (Å²) in [6.45, 7) is 2.08. The predicted molar refractivity (Wildman–Crippen MR) is 103 cm³/mol. The second-order valence-electron chi connectivity index (χ2n) is 7.29. The molecule has 2 aliphatic rings. The Balaban J connectivity index is 1.48. The molecule has 1 atom stereocenters. The average Bonchev–Trinajstić information content (AvgIpc) is 2.73. The molecule has 27 heavy (non-hydrogen) atoms. The average molecular weight is 385 g/mol. The highest BCUT2D eigenvalue weighted by molar-refractivity contribution is 7.89. The highest BCUT2D eigenvalue weighted by Crippen LogP contribution is 2.27. The molecule has 0 spiro atoms. The summed E-state index contributed by atoms with van der Waals surface area (Å²) in [6.07, 6.45) is 2.32. The first-order valence-electron chi connectivity index (χ1n) is 9.46. The Morgan fingerprint density at radius 1 is 0.926 bits per heavy atom. The van der Waals surface area contributed by atoms with Crippen molar-refractivity contribution >= 4 is 15.9 Å². The van der Waals surface area contributed by atoms with Gasteiger partial charge in [-0.25, -0.2) is 8.42 Å². The van der Waals surface area contributed by atoms with E-state index >= 15 is 0 Å². The van der Waals surface area contributed by atoms with Gasteiger partial charge in [-0.1, -0.05) is 42.5 Å². The van der Waals surface area contributed by atoms with Gasteiger partial charge in [0.2, 0.25) is 15.9 Å². The summed E-state index contributed by atoms with van der Waals surface area (Å²) in [5.74, 6) is -0.181. The molecule has 0 unspecified atom stereocenters. The largest absolute Gasteiger partial charge is 0.338 e. The number of benzene rings is 2. The zero-order chi connectivity index (χ0) is 18.9. The molecule has 0 N–H and O–H groups in total. The first-order valence-corrected chi connectivity index (χ1v) is 10.9. The number of carbonyl (C=O) groups is 1. The van der Waals surface area contributed by atoms with Gasteiger partial charge in [-0.3, -0.25) is 4.79 Å². The van der Waals surface area contributed by atoms with Crippen LogP contribution in [0.4, 0.5) is 0 Å². The van der Waals surface area contributed by atoms with Crippen molar-refractivity contribution in [3.05, 3.63) is 65.7 Å². The van der Waals surface area contributed by atoms with Crippen LogP contribution in [0.2, 0.25) is 0 Å². The number of carbonyl (C=O) groups excluding carboxylic acids is 1. The molecule has 2 aliphatic heterocycles. The van der Waals surface area contributed by atoms with E-state index in [9.17, 15) is 13.2 Å². The fourth-order valence-electron chi connectivity index (χ4n) is 4.05. The summed E-state index contributed by atoms with van der Waals surface area (Å²) in [4.78, 5) is 15.3. The Hall–Kier alpha value is -2.18. The van der Waals surface area contributed by atoms with E-state index in [-0.39, 0.29) is 18.4 Å². The Morgan fingerprint density at radius 3 is 2.41 bits per heavy atom. The van der Waals surface area contributed by atoms with E-state index in [0.29, 0.717) is 31.0 Å². The van der Waals surface area contributed by atoms with Gasteiger partial charge in [0.05, 0.1) is 10.8 Å². The first-order chi connectivity index (χ1) is 13.1. The molecule has 0 bridgehead atoms.